The normalized spacial score (nSPS) is 21.3. The van der Waals surface area contributed by atoms with E-state index in [-0.39, 0.29) is 25.9 Å². The van der Waals surface area contributed by atoms with Gasteiger partial charge >= 0.3 is 6.16 Å². The Bertz CT molecular complexity index is 653. The molecule has 0 radical (unpaired) electrons. The number of ether oxygens (including phenoxy) is 4. The molecule has 0 bridgehead atoms. The molecule has 1 unspecified atom stereocenters. The molecule has 0 amide bonds. The minimum Gasteiger partial charge on any atom is -0.430 e. The summed E-state index contributed by atoms with van der Waals surface area (Å²) in [5.74, 6) is 0.280. The van der Waals surface area contributed by atoms with Crippen LogP contribution in [0.1, 0.15) is 31.7 Å². The third kappa shape index (κ3) is 7.77. The fourth-order valence-corrected chi connectivity index (χ4v) is 3.96. The molecule has 1 aromatic rings. The first-order valence-electron chi connectivity index (χ1n) is 9.93. The molecule has 0 saturated carbocycles. The van der Waals surface area contributed by atoms with Crippen molar-refractivity contribution in [1.29, 1.82) is 0 Å². The predicted octanol–water partition coefficient (Wildman–Crippen LogP) is 5.36. The van der Waals surface area contributed by atoms with Crippen LogP contribution in [-0.2, 0) is 18.9 Å². The van der Waals surface area contributed by atoms with Crippen molar-refractivity contribution in [2.45, 2.75) is 57.5 Å². The van der Waals surface area contributed by atoms with Gasteiger partial charge in [-0.25, -0.2) is 4.79 Å². The average molecular weight is 407 g/mol. The van der Waals surface area contributed by atoms with Gasteiger partial charge in [0.25, 0.3) is 0 Å². The van der Waals surface area contributed by atoms with E-state index in [2.05, 4.69) is 51.7 Å². The molecule has 156 valence electrons. The molecule has 5 nitrogen and oxygen atoms in total. The molecule has 1 saturated heterocycles. The first-order valence-corrected chi connectivity index (χ1v) is 13.6. The molecule has 0 aromatic heterocycles. The van der Waals surface area contributed by atoms with Gasteiger partial charge in [-0.1, -0.05) is 68.5 Å². The highest BCUT2D eigenvalue weighted by molar-refractivity contribution is 6.76. The lowest BCUT2D eigenvalue weighted by Crippen LogP contribution is -2.38. The Morgan fingerprint density at radius 3 is 2.57 bits per heavy atom. The van der Waals surface area contributed by atoms with E-state index in [1.807, 2.05) is 18.2 Å². The van der Waals surface area contributed by atoms with Crippen LogP contribution >= 0.6 is 0 Å². The van der Waals surface area contributed by atoms with E-state index in [0.29, 0.717) is 13.0 Å². The van der Waals surface area contributed by atoms with Crippen molar-refractivity contribution in [3.8, 4) is 0 Å². The second-order valence-corrected chi connectivity index (χ2v) is 14.5. The highest BCUT2D eigenvalue weighted by Gasteiger charge is 2.43. The van der Waals surface area contributed by atoms with Crippen molar-refractivity contribution in [1.82, 2.24) is 0 Å². The first kappa shape index (κ1) is 22.7. The predicted molar refractivity (Wildman–Crippen MR) is 113 cm³/mol. The second-order valence-electron chi connectivity index (χ2n) is 8.90. The quantitative estimate of drug-likeness (QED) is 0.163. The summed E-state index contributed by atoms with van der Waals surface area (Å²) in [6.07, 6.45) is 2.14. The SMILES string of the molecule is C/C(=C\C(C)c1ccccc1)C[C@@]1(COCOCC[Si](C)(C)C)COC(=O)O1. The van der Waals surface area contributed by atoms with E-state index in [1.165, 1.54) is 5.56 Å². The van der Waals surface area contributed by atoms with Crippen molar-refractivity contribution in [3.63, 3.8) is 0 Å². The highest BCUT2D eigenvalue weighted by atomic mass is 28.3. The van der Waals surface area contributed by atoms with Crippen molar-refractivity contribution in [3.05, 3.63) is 47.5 Å². The number of cyclic esters (lactones) is 2. The standard InChI is InChI=1S/C22H34O5Si/c1-18(13-19(2)20-9-7-6-8-10-20)14-22(16-26-21(23)27-22)15-25-17-24-11-12-28(3,4)5/h6-10,13,19H,11-12,14-17H2,1-5H3/b18-13+/t19?,22-/m1/s1. The lowest BCUT2D eigenvalue weighted by molar-refractivity contribution is -0.100. The summed E-state index contributed by atoms with van der Waals surface area (Å²) in [5, 5.41) is 0. The Morgan fingerprint density at radius 2 is 1.96 bits per heavy atom. The van der Waals surface area contributed by atoms with E-state index >= 15 is 0 Å². The Hall–Kier alpha value is -1.63. The van der Waals surface area contributed by atoms with E-state index in [9.17, 15) is 4.79 Å². The molecular weight excluding hydrogens is 372 g/mol. The summed E-state index contributed by atoms with van der Waals surface area (Å²) < 4.78 is 21.8. The zero-order valence-corrected chi connectivity index (χ0v) is 18.8. The molecule has 28 heavy (non-hydrogen) atoms. The van der Waals surface area contributed by atoms with Crippen LogP contribution in [0.3, 0.4) is 0 Å². The van der Waals surface area contributed by atoms with Gasteiger partial charge in [-0.15, -0.1) is 0 Å². The van der Waals surface area contributed by atoms with Crippen LogP contribution in [0.5, 0.6) is 0 Å². The number of allylic oxidation sites excluding steroid dienone is 1. The van der Waals surface area contributed by atoms with Crippen molar-refractivity contribution >= 4 is 14.2 Å². The van der Waals surface area contributed by atoms with Crippen LogP contribution in [-0.4, -0.2) is 46.4 Å². The van der Waals surface area contributed by atoms with Gasteiger partial charge in [0, 0.05) is 21.1 Å². The lowest BCUT2D eigenvalue weighted by Gasteiger charge is -2.25. The smallest absolute Gasteiger partial charge is 0.430 e. The summed E-state index contributed by atoms with van der Waals surface area (Å²) in [6.45, 7) is 12.5. The van der Waals surface area contributed by atoms with Gasteiger partial charge in [-0.2, -0.15) is 0 Å². The number of hydrogen-bond donors (Lipinski definition) is 0. The number of hydrogen-bond acceptors (Lipinski definition) is 5. The molecule has 2 atom stereocenters. The zero-order chi connectivity index (χ0) is 20.6. The highest BCUT2D eigenvalue weighted by Crippen LogP contribution is 2.30. The first-order chi connectivity index (χ1) is 13.2. The fraction of sp³-hybridized carbons (Fsp3) is 0.591. The maximum atomic E-state index is 11.6. The molecule has 1 aromatic carbocycles. The van der Waals surface area contributed by atoms with Crippen molar-refractivity contribution in [2.24, 2.45) is 0 Å². The van der Waals surface area contributed by atoms with Crippen LogP contribution in [0.2, 0.25) is 25.7 Å². The van der Waals surface area contributed by atoms with E-state index in [1.54, 1.807) is 0 Å². The van der Waals surface area contributed by atoms with E-state index in [0.717, 1.165) is 11.6 Å². The van der Waals surface area contributed by atoms with Gasteiger partial charge in [0.05, 0.1) is 6.61 Å². The van der Waals surface area contributed by atoms with Gasteiger partial charge in [-0.05, 0) is 24.4 Å². The molecule has 6 heteroatoms. The minimum atomic E-state index is -1.11. The molecule has 2 rings (SSSR count). The van der Waals surface area contributed by atoms with Gasteiger partial charge in [-0.3, -0.25) is 0 Å². The number of carbonyl (C=O) groups excluding carboxylic acids is 1. The molecule has 0 spiro atoms. The zero-order valence-electron chi connectivity index (χ0n) is 17.8. The Labute approximate surface area is 170 Å². The van der Waals surface area contributed by atoms with Gasteiger partial charge < -0.3 is 18.9 Å². The van der Waals surface area contributed by atoms with Crippen LogP contribution in [0.15, 0.2) is 42.0 Å². The Balaban J connectivity index is 1.88. The monoisotopic (exact) mass is 406 g/mol. The van der Waals surface area contributed by atoms with Crippen LogP contribution in [0, 0.1) is 0 Å². The molecule has 0 N–H and O–H groups in total. The third-order valence-electron chi connectivity index (χ3n) is 4.74. The maximum Gasteiger partial charge on any atom is 0.509 e. The lowest BCUT2D eigenvalue weighted by atomic mass is 9.92. The second kappa shape index (κ2) is 10.2. The molecule has 0 aliphatic carbocycles. The van der Waals surface area contributed by atoms with E-state index in [4.69, 9.17) is 18.9 Å². The average Bonchev–Trinajstić information content (AvgIpc) is 2.98. The summed E-state index contributed by atoms with van der Waals surface area (Å²) in [4.78, 5) is 11.6. The molecule has 1 heterocycles. The van der Waals surface area contributed by atoms with Gasteiger partial charge in [0.15, 0.2) is 5.60 Å². The Kier molecular flexibility index (Phi) is 8.28. The Morgan fingerprint density at radius 1 is 1.25 bits per heavy atom. The molecule has 1 aliphatic rings. The molecule has 1 fully saturated rings. The summed E-state index contributed by atoms with van der Waals surface area (Å²) >= 11 is 0. The van der Waals surface area contributed by atoms with E-state index < -0.39 is 19.8 Å². The third-order valence-corrected chi connectivity index (χ3v) is 6.45. The number of benzene rings is 1. The minimum absolute atomic E-state index is 0.200. The summed E-state index contributed by atoms with van der Waals surface area (Å²) in [7, 11) is -1.11. The fourth-order valence-electron chi connectivity index (χ4n) is 3.21. The van der Waals surface area contributed by atoms with Crippen LogP contribution in [0.25, 0.3) is 0 Å². The van der Waals surface area contributed by atoms with Crippen LogP contribution in [0.4, 0.5) is 4.79 Å². The van der Waals surface area contributed by atoms with Crippen molar-refractivity contribution in [2.75, 3.05) is 26.6 Å². The summed E-state index contributed by atoms with van der Waals surface area (Å²) in [5.41, 5.74) is 1.61. The van der Waals surface area contributed by atoms with Gasteiger partial charge in [0.2, 0.25) is 0 Å². The number of carbonyl (C=O) groups is 1. The molecular formula is C22H34O5Si. The summed E-state index contributed by atoms with van der Waals surface area (Å²) in [6, 6.07) is 11.4. The van der Waals surface area contributed by atoms with Crippen molar-refractivity contribution < 1.29 is 23.7 Å². The number of rotatable bonds is 11. The topological polar surface area (TPSA) is 54.0 Å². The maximum absolute atomic E-state index is 11.6. The van der Waals surface area contributed by atoms with Gasteiger partial charge in [0.1, 0.15) is 13.4 Å². The molecule has 1 aliphatic heterocycles. The largest absolute Gasteiger partial charge is 0.509 e. The van der Waals surface area contributed by atoms with Crippen LogP contribution < -0.4 is 0 Å².